The highest BCUT2D eigenvalue weighted by Gasteiger charge is 2.28. The van der Waals surface area contributed by atoms with Crippen LogP contribution in [0.15, 0.2) is 66.4 Å². The van der Waals surface area contributed by atoms with Crippen LogP contribution < -0.4 is 9.47 Å². The van der Waals surface area contributed by atoms with Crippen LogP contribution in [0.4, 0.5) is 5.69 Å². The first-order chi connectivity index (χ1) is 14.4. The number of nitro groups is 1. The lowest BCUT2D eigenvalue weighted by Gasteiger charge is -2.07. The zero-order chi connectivity index (χ0) is 21.3. The molecule has 0 aromatic heterocycles. The highest BCUT2D eigenvalue weighted by atomic mass is 35.5. The number of allylic oxidation sites excluding steroid dienone is 1. The van der Waals surface area contributed by atoms with E-state index in [9.17, 15) is 14.9 Å². The van der Waals surface area contributed by atoms with Gasteiger partial charge in [0.15, 0.2) is 5.76 Å². The summed E-state index contributed by atoms with van der Waals surface area (Å²) in [6, 6.07) is 16.1. The Morgan fingerprint density at radius 3 is 2.40 bits per heavy atom. The number of halogens is 2. The van der Waals surface area contributed by atoms with E-state index in [1.807, 2.05) is 0 Å². The predicted molar refractivity (Wildman–Crippen MR) is 113 cm³/mol. The Morgan fingerprint density at radius 2 is 1.73 bits per heavy atom. The molecule has 0 saturated heterocycles. The number of hydrogen-bond donors (Lipinski definition) is 0. The van der Waals surface area contributed by atoms with Crippen molar-refractivity contribution in [1.29, 1.82) is 0 Å². The van der Waals surface area contributed by atoms with E-state index in [2.05, 4.69) is 0 Å². The van der Waals surface area contributed by atoms with Crippen LogP contribution in [-0.4, -0.2) is 10.7 Å². The molecule has 0 atom stereocenters. The first-order valence-corrected chi connectivity index (χ1v) is 9.56. The lowest BCUT2D eigenvalue weighted by Crippen LogP contribution is -1.98. The number of hydrogen-bond acceptors (Lipinski definition) is 5. The van der Waals surface area contributed by atoms with Crippen LogP contribution in [-0.2, 0) is 6.61 Å². The van der Waals surface area contributed by atoms with Gasteiger partial charge in [0, 0.05) is 33.8 Å². The van der Waals surface area contributed by atoms with Gasteiger partial charge in [-0.2, -0.15) is 0 Å². The maximum atomic E-state index is 12.6. The Kier molecular flexibility index (Phi) is 5.44. The van der Waals surface area contributed by atoms with E-state index in [4.69, 9.17) is 32.7 Å². The van der Waals surface area contributed by atoms with E-state index in [1.54, 1.807) is 48.5 Å². The third-order valence-corrected chi connectivity index (χ3v) is 5.13. The van der Waals surface area contributed by atoms with Gasteiger partial charge in [-0.1, -0.05) is 29.3 Å². The van der Waals surface area contributed by atoms with Crippen LogP contribution in [0.1, 0.15) is 21.5 Å². The topological polar surface area (TPSA) is 78.7 Å². The maximum absolute atomic E-state index is 12.6. The van der Waals surface area contributed by atoms with Crippen LogP contribution >= 0.6 is 23.2 Å². The van der Waals surface area contributed by atoms with Crippen LogP contribution in [0.5, 0.6) is 11.5 Å². The highest BCUT2D eigenvalue weighted by Crippen LogP contribution is 2.36. The van der Waals surface area contributed by atoms with Gasteiger partial charge in [0.2, 0.25) is 5.78 Å². The van der Waals surface area contributed by atoms with Crippen molar-refractivity contribution in [2.75, 3.05) is 0 Å². The van der Waals surface area contributed by atoms with Crippen molar-refractivity contribution in [3.05, 3.63) is 103 Å². The fourth-order valence-electron chi connectivity index (χ4n) is 2.92. The second-order valence-electron chi connectivity index (χ2n) is 6.45. The van der Waals surface area contributed by atoms with Gasteiger partial charge in [-0.05, 0) is 48.0 Å². The first-order valence-electron chi connectivity index (χ1n) is 8.81. The summed E-state index contributed by atoms with van der Waals surface area (Å²) in [4.78, 5) is 22.9. The average Bonchev–Trinajstić information content (AvgIpc) is 3.04. The molecule has 3 aromatic carbocycles. The monoisotopic (exact) mass is 441 g/mol. The fraction of sp³-hybridized carbons (Fsp3) is 0.0455. The quantitative estimate of drug-likeness (QED) is 0.271. The van der Waals surface area contributed by atoms with Crippen molar-refractivity contribution < 1.29 is 19.2 Å². The minimum atomic E-state index is -0.458. The number of carbonyl (C=O) groups is 1. The molecule has 0 radical (unpaired) electrons. The summed E-state index contributed by atoms with van der Waals surface area (Å²) < 4.78 is 11.4. The molecule has 3 aromatic rings. The van der Waals surface area contributed by atoms with Gasteiger partial charge >= 0.3 is 0 Å². The van der Waals surface area contributed by atoms with Gasteiger partial charge in [0.25, 0.3) is 5.69 Å². The van der Waals surface area contributed by atoms with Crippen LogP contribution in [0.2, 0.25) is 10.0 Å². The van der Waals surface area contributed by atoms with Gasteiger partial charge < -0.3 is 9.47 Å². The number of non-ortho nitro benzene ring substituents is 1. The highest BCUT2D eigenvalue weighted by molar-refractivity contribution is 6.37. The summed E-state index contributed by atoms with van der Waals surface area (Å²) in [5.41, 5.74) is 1.70. The Bertz CT molecular complexity index is 1170. The van der Waals surface area contributed by atoms with Crippen molar-refractivity contribution in [2.45, 2.75) is 6.61 Å². The van der Waals surface area contributed by atoms with E-state index >= 15 is 0 Å². The van der Waals surface area contributed by atoms with Crippen LogP contribution in [0, 0.1) is 10.1 Å². The number of Topliss-reactive ketones (excluding diaryl/α,β-unsaturated/α-hetero) is 1. The molecule has 4 rings (SSSR count). The molecule has 1 aliphatic rings. The van der Waals surface area contributed by atoms with E-state index in [1.165, 1.54) is 18.2 Å². The number of nitro benzene ring substituents is 1. The smallest absolute Gasteiger partial charge is 0.269 e. The summed E-state index contributed by atoms with van der Waals surface area (Å²) in [6.45, 7) is 0.211. The largest absolute Gasteiger partial charge is 0.489 e. The van der Waals surface area contributed by atoms with Gasteiger partial charge in [-0.3, -0.25) is 14.9 Å². The minimum Gasteiger partial charge on any atom is -0.489 e. The average molecular weight is 442 g/mol. The molecule has 0 spiro atoms. The molecule has 6 nitrogen and oxygen atoms in total. The summed E-state index contributed by atoms with van der Waals surface area (Å²) in [7, 11) is 0. The lowest BCUT2D eigenvalue weighted by atomic mass is 10.1. The molecule has 1 heterocycles. The third kappa shape index (κ3) is 4.01. The molecule has 30 heavy (non-hydrogen) atoms. The molecule has 0 bridgehead atoms. The second kappa shape index (κ2) is 8.18. The summed E-state index contributed by atoms with van der Waals surface area (Å²) in [5.74, 6) is 0.711. The van der Waals surface area contributed by atoms with Gasteiger partial charge in [0.05, 0.1) is 10.5 Å². The van der Waals surface area contributed by atoms with E-state index < -0.39 is 4.92 Å². The van der Waals surface area contributed by atoms with Crippen molar-refractivity contribution in [3.63, 3.8) is 0 Å². The SMILES string of the molecule is O=C1/C(=C/c2c(Cl)cccc2Cl)Oc2cc(OCc3ccc([N+](=O)[O-])cc3)ccc21. The lowest BCUT2D eigenvalue weighted by molar-refractivity contribution is -0.384. The Balaban J connectivity index is 1.51. The summed E-state index contributed by atoms with van der Waals surface area (Å²) in [6.07, 6.45) is 1.52. The second-order valence-corrected chi connectivity index (χ2v) is 7.26. The third-order valence-electron chi connectivity index (χ3n) is 4.47. The number of ketones is 1. The molecule has 0 fully saturated rings. The number of fused-ring (bicyclic) bond motifs is 1. The van der Waals surface area contributed by atoms with E-state index in [0.29, 0.717) is 32.7 Å². The molecule has 0 saturated carbocycles. The molecule has 0 N–H and O–H groups in total. The molecule has 1 aliphatic heterocycles. The van der Waals surface area contributed by atoms with Gasteiger partial charge in [-0.15, -0.1) is 0 Å². The molecule has 0 unspecified atom stereocenters. The number of carbonyl (C=O) groups excluding carboxylic acids is 1. The Labute approximate surface area is 181 Å². The Hall–Kier alpha value is -3.35. The van der Waals surface area contributed by atoms with Crippen molar-refractivity contribution in [2.24, 2.45) is 0 Å². The van der Waals surface area contributed by atoms with Crippen LogP contribution in [0.3, 0.4) is 0 Å². The van der Waals surface area contributed by atoms with Crippen molar-refractivity contribution in [1.82, 2.24) is 0 Å². The number of nitrogens with zero attached hydrogens (tertiary/aromatic N) is 1. The number of benzene rings is 3. The molecule has 8 heteroatoms. The molecule has 0 aliphatic carbocycles. The fourth-order valence-corrected chi connectivity index (χ4v) is 3.42. The number of rotatable bonds is 5. The zero-order valence-electron chi connectivity index (χ0n) is 15.3. The zero-order valence-corrected chi connectivity index (χ0v) is 16.8. The van der Waals surface area contributed by atoms with Crippen LogP contribution in [0.25, 0.3) is 6.08 Å². The number of ether oxygens (including phenoxy) is 2. The van der Waals surface area contributed by atoms with E-state index in [0.717, 1.165) is 5.56 Å². The minimum absolute atomic E-state index is 0.0149. The van der Waals surface area contributed by atoms with E-state index in [-0.39, 0.29) is 23.8 Å². The van der Waals surface area contributed by atoms with Gasteiger partial charge in [-0.25, -0.2) is 0 Å². The van der Waals surface area contributed by atoms with Crippen molar-refractivity contribution in [3.8, 4) is 11.5 Å². The normalized spacial score (nSPS) is 13.8. The molecule has 150 valence electrons. The van der Waals surface area contributed by atoms with Crippen molar-refractivity contribution >= 4 is 40.7 Å². The first kappa shape index (κ1) is 19.9. The molecule has 0 amide bonds. The Morgan fingerprint density at radius 1 is 1.03 bits per heavy atom. The summed E-state index contributed by atoms with van der Waals surface area (Å²) in [5, 5.41) is 11.5. The standard InChI is InChI=1S/C22H13Cl2NO5/c23-18-2-1-3-19(24)17(18)11-21-22(26)16-9-8-15(10-20(16)30-21)29-12-13-4-6-14(7-5-13)25(27)28/h1-11H,12H2/b21-11-. The predicted octanol–water partition coefficient (Wildman–Crippen LogP) is 6.10. The molecular weight excluding hydrogens is 429 g/mol. The maximum Gasteiger partial charge on any atom is 0.269 e. The molecular formula is C22H13Cl2NO5. The summed E-state index contributed by atoms with van der Waals surface area (Å²) >= 11 is 12.3. The van der Waals surface area contributed by atoms with Gasteiger partial charge in [0.1, 0.15) is 18.1 Å².